The largest absolute Gasteiger partial charge is 0.480 e. The van der Waals surface area contributed by atoms with Crippen LogP contribution in [0.2, 0.25) is 10.0 Å². The van der Waals surface area contributed by atoms with Crippen molar-refractivity contribution in [3.05, 3.63) is 52.4 Å². The minimum Gasteiger partial charge on any atom is -0.480 e. The van der Waals surface area contributed by atoms with Crippen molar-refractivity contribution >= 4 is 52.5 Å². The lowest BCUT2D eigenvalue weighted by Gasteiger charge is -2.26. The summed E-state index contributed by atoms with van der Waals surface area (Å²) in [5.74, 6) is -0.211. The van der Waals surface area contributed by atoms with Crippen LogP contribution >= 0.6 is 23.2 Å². The Balaban J connectivity index is 1.40. The number of aromatic nitrogens is 4. The van der Waals surface area contributed by atoms with Crippen LogP contribution in [0, 0.1) is 0 Å². The van der Waals surface area contributed by atoms with Gasteiger partial charge in [-0.25, -0.2) is 9.78 Å². The lowest BCUT2D eigenvalue weighted by atomic mass is 10.1. The van der Waals surface area contributed by atoms with E-state index in [1.54, 1.807) is 29.3 Å². The molecule has 1 saturated heterocycles. The van der Waals surface area contributed by atoms with Gasteiger partial charge in [0.25, 0.3) is 5.91 Å². The minimum atomic E-state index is -0.526. The van der Waals surface area contributed by atoms with Gasteiger partial charge in [-0.2, -0.15) is 10.1 Å². The van der Waals surface area contributed by atoms with E-state index in [0.29, 0.717) is 28.8 Å². The fourth-order valence-corrected chi connectivity index (χ4v) is 4.61. The highest BCUT2D eigenvalue weighted by Crippen LogP contribution is 2.31. The molecule has 1 atom stereocenters. The molecule has 1 aliphatic rings. The molecule has 0 spiro atoms. The molecule has 11 nitrogen and oxygen atoms in total. The van der Waals surface area contributed by atoms with Gasteiger partial charge < -0.3 is 25.0 Å². The molecule has 2 N–H and O–H groups in total. The van der Waals surface area contributed by atoms with Crippen LogP contribution in [0.4, 0.5) is 22.1 Å². The molecule has 1 aliphatic heterocycles. The standard InChI is InChI=1S/C26H31Cl2N7O4/c1-26(2,3)39-25(37)34-11-6-7-17(10-12-34)35-15-16(13-30-35)31-24-29-14-18(23(33-24)38-4)22(36)32-21-19(27)8-5-9-20(21)28/h5,8-9,13-15,17H,6-7,10-12H2,1-4H3,(H,32,36)(H,29,31,33)/t17-/m0/s1. The normalized spacial score (nSPS) is 15.8. The summed E-state index contributed by atoms with van der Waals surface area (Å²) in [5.41, 5.74) is 0.546. The number of hydrogen-bond acceptors (Lipinski definition) is 8. The van der Waals surface area contributed by atoms with E-state index in [4.69, 9.17) is 32.7 Å². The van der Waals surface area contributed by atoms with Gasteiger partial charge in [0.2, 0.25) is 11.8 Å². The molecule has 0 saturated carbocycles. The number of ether oxygens (including phenoxy) is 2. The van der Waals surface area contributed by atoms with Gasteiger partial charge in [-0.1, -0.05) is 29.3 Å². The molecule has 2 amide bonds. The third-order valence-electron chi connectivity index (χ3n) is 5.97. The number of carbonyl (C=O) groups excluding carboxylic acids is 2. The van der Waals surface area contributed by atoms with Crippen LogP contribution in [0.15, 0.2) is 36.8 Å². The van der Waals surface area contributed by atoms with Gasteiger partial charge in [0.1, 0.15) is 11.2 Å². The van der Waals surface area contributed by atoms with Crippen molar-refractivity contribution in [1.29, 1.82) is 0 Å². The van der Waals surface area contributed by atoms with Gasteiger partial charge in [-0.15, -0.1) is 0 Å². The van der Waals surface area contributed by atoms with E-state index in [1.807, 2.05) is 31.6 Å². The lowest BCUT2D eigenvalue weighted by Crippen LogP contribution is -2.37. The molecule has 3 aromatic rings. The van der Waals surface area contributed by atoms with Crippen LogP contribution in [0.1, 0.15) is 56.4 Å². The van der Waals surface area contributed by atoms with Crippen molar-refractivity contribution in [2.75, 3.05) is 30.8 Å². The van der Waals surface area contributed by atoms with Crippen LogP contribution < -0.4 is 15.4 Å². The Kier molecular flexibility index (Phi) is 8.81. The van der Waals surface area contributed by atoms with E-state index < -0.39 is 11.5 Å². The van der Waals surface area contributed by atoms with E-state index in [2.05, 4.69) is 25.7 Å². The van der Waals surface area contributed by atoms with Gasteiger partial charge in [0, 0.05) is 25.5 Å². The molecular formula is C26H31Cl2N7O4. The van der Waals surface area contributed by atoms with Crippen LogP contribution in [-0.4, -0.2) is 62.4 Å². The molecule has 13 heteroatoms. The van der Waals surface area contributed by atoms with E-state index in [9.17, 15) is 9.59 Å². The monoisotopic (exact) mass is 575 g/mol. The Morgan fingerprint density at radius 3 is 2.54 bits per heavy atom. The molecule has 208 valence electrons. The predicted octanol–water partition coefficient (Wildman–Crippen LogP) is 5.95. The molecule has 0 aliphatic carbocycles. The molecular weight excluding hydrogens is 545 g/mol. The number of methoxy groups -OCH3 is 1. The van der Waals surface area contributed by atoms with Crippen molar-refractivity contribution in [1.82, 2.24) is 24.6 Å². The molecule has 0 radical (unpaired) electrons. The van der Waals surface area contributed by atoms with Crippen molar-refractivity contribution in [3.8, 4) is 5.88 Å². The van der Waals surface area contributed by atoms with Gasteiger partial charge >= 0.3 is 6.09 Å². The number of hydrogen-bond donors (Lipinski definition) is 2. The molecule has 0 bridgehead atoms. The first kappa shape index (κ1) is 28.4. The molecule has 1 aromatic carbocycles. The van der Waals surface area contributed by atoms with Crippen LogP contribution in [0.25, 0.3) is 0 Å². The molecule has 1 fully saturated rings. The second kappa shape index (κ2) is 12.1. The summed E-state index contributed by atoms with van der Waals surface area (Å²) in [6.45, 7) is 6.83. The van der Waals surface area contributed by atoms with Crippen LogP contribution in [0.3, 0.4) is 0 Å². The Morgan fingerprint density at radius 2 is 1.85 bits per heavy atom. The highest BCUT2D eigenvalue weighted by Gasteiger charge is 2.26. The summed E-state index contributed by atoms with van der Waals surface area (Å²) in [5, 5.41) is 10.9. The zero-order valence-electron chi connectivity index (χ0n) is 22.2. The number of likely N-dealkylation sites (tertiary alicyclic amines) is 1. The van der Waals surface area contributed by atoms with E-state index >= 15 is 0 Å². The maximum atomic E-state index is 12.9. The number of nitrogens with one attached hydrogen (secondary N) is 2. The third-order valence-corrected chi connectivity index (χ3v) is 6.60. The summed E-state index contributed by atoms with van der Waals surface area (Å²) in [4.78, 5) is 35.7. The van der Waals surface area contributed by atoms with Crippen molar-refractivity contribution in [2.45, 2.75) is 51.7 Å². The number of amides is 2. The Hall–Kier alpha value is -3.57. The zero-order chi connectivity index (χ0) is 28.2. The highest BCUT2D eigenvalue weighted by molar-refractivity contribution is 6.40. The number of halogens is 2. The Morgan fingerprint density at radius 1 is 1.10 bits per heavy atom. The van der Waals surface area contributed by atoms with Crippen LogP contribution in [0.5, 0.6) is 5.88 Å². The predicted molar refractivity (Wildman–Crippen MR) is 149 cm³/mol. The maximum absolute atomic E-state index is 12.9. The topological polar surface area (TPSA) is 124 Å². The molecule has 0 unspecified atom stereocenters. The molecule has 4 rings (SSSR count). The summed E-state index contributed by atoms with van der Waals surface area (Å²) in [7, 11) is 1.41. The highest BCUT2D eigenvalue weighted by atomic mass is 35.5. The fraction of sp³-hybridized carbons (Fsp3) is 0.423. The second-order valence-electron chi connectivity index (χ2n) is 10.1. The number of rotatable bonds is 6. The van der Waals surface area contributed by atoms with Crippen molar-refractivity contribution in [3.63, 3.8) is 0 Å². The summed E-state index contributed by atoms with van der Waals surface area (Å²) >= 11 is 12.3. The zero-order valence-corrected chi connectivity index (χ0v) is 23.7. The van der Waals surface area contributed by atoms with E-state index in [1.165, 1.54) is 13.3 Å². The first-order valence-corrected chi connectivity index (χ1v) is 13.2. The minimum absolute atomic E-state index is 0.0755. The SMILES string of the molecule is COc1nc(Nc2cnn([C@H]3CCCN(C(=O)OC(C)(C)C)CC3)c2)ncc1C(=O)Nc1c(Cl)cccc1Cl. The van der Waals surface area contributed by atoms with Crippen LogP contribution in [-0.2, 0) is 4.74 Å². The molecule has 3 heterocycles. The number of carbonyl (C=O) groups is 2. The van der Waals surface area contributed by atoms with Gasteiger partial charge in [-0.3, -0.25) is 9.48 Å². The van der Waals surface area contributed by atoms with Gasteiger partial charge in [0.05, 0.1) is 40.8 Å². The first-order valence-electron chi connectivity index (χ1n) is 12.5. The van der Waals surface area contributed by atoms with Gasteiger partial charge in [0.15, 0.2) is 0 Å². The second-order valence-corrected chi connectivity index (χ2v) is 10.9. The smallest absolute Gasteiger partial charge is 0.410 e. The number of para-hydroxylation sites is 1. The third kappa shape index (κ3) is 7.30. The summed E-state index contributed by atoms with van der Waals surface area (Å²) < 4.78 is 12.7. The van der Waals surface area contributed by atoms with Gasteiger partial charge in [-0.05, 0) is 52.2 Å². The van der Waals surface area contributed by atoms with E-state index in [-0.39, 0.29) is 35.2 Å². The van der Waals surface area contributed by atoms with Crippen molar-refractivity contribution < 1.29 is 19.1 Å². The number of anilines is 3. The maximum Gasteiger partial charge on any atom is 0.410 e. The lowest BCUT2D eigenvalue weighted by molar-refractivity contribution is 0.0255. The van der Waals surface area contributed by atoms with E-state index in [0.717, 1.165) is 19.3 Å². The summed E-state index contributed by atoms with van der Waals surface area (Å²) in [6.07, 6.45) is 7.08. The van der Waals surface area contributed by atoms with Crippen molar-refractivity contribution in [2.24, 2.45) is 0 Å². The average Bonchev–Trinajstić information content (AvgIpc) is 3.19. The Bertz CT molecular complexity index is 1320. The molecule has 2 aromatic heterocycles. The Labute approximate surface area is 236 Å². The molecule has 39 heavy (non-hydrogen) atoms. The number of nitrogens with zero attached hydrogens (tertiary/aromatic N) is 5. The average molecular weight is 576 g/mol. The fourth-order valence-electron chi connectivity index (χ4n) is 4.12. The first-order chi connectivity index (χ1) is 18.5. The summed E-state index contributed by atoms with van der Waals surface area (Å²) in [6, 6.07) is 5.05. The quantitative estimate of drug-likeness (QED) is 0.369. The number of benzene rings is 1.